The highest BCUT2D eigenvalue weighted by molar-refractivity contribution is 6.31. The van der Waals surface area contributed by atoms with Crippen LogP contribution >= 0.6 is 11.6 Å². The molecule has 0 bridgehead atoms. The summed E-state index contributed by atoms with van der Waals surface area (Å²) in [6.45, 7) is 2.17. The van der Waals surface area contributed by atoms with Crippen LogP contribution in [0.15, 0.2) is 48.5 Å². The molecule has 0 saturated carbocycles. The van der Waals surface area contributed by atoms with Gasteiger partial charge in [-0.3, -0.25) is 0 Å². The summed E-state index contributed by atoms with van der Waals surface area (Å²) in [5.41, 5.74) is 4.92. The van der Waals surface area contributed by atoms with E-state index in [1.165, 1.54) is 22.2 Å². The Morgan fingerprint density at radius 3 is 2.56 bits per heavy atom. The van der Waals surface area contributed by atoms with Crippen molar-refractivity contribution in [2.24, 2.45) is 0 Å². The van der Waals surface area contributed by atoms with E-state index in [0.29, 0.717) is 0 Å². The molecule has 90 valence electrons. The zero-order valence-electron chi connectivity index (χ0n) is 10.2. The van der Waals surface area contributed by atoms with Gasteiger partial charge >= 0.3 is 0 Å². The van der Waals surface area contributed by atoms with Gasteiger partial charge in [-0.2, -0.15) is 0 Å². The van der Waals surface area contributed by atoms with Crippen molar-refractivity contribution in [3.63, 3.8) is 0 Å². The topological polar surface area (TPSA) is 15.8 Å². The molecule has 1 heterocycles. The molecule has 0 radical (unpaired) electrons. The monoisotopic (exact) mass is 255 g/mol. The van der Waals surface area contributed by atoms with E-state index in [9.17, 15) is 0 Å². The van der Waals surface area contributed by atoms with Crippen molar-refractivity contribution in [2.75, 3.05) is 0 Å². The predicted molar refractivity (Wildman–Crippen MR) is 78.1 cm³/mol. The zero-order chi connectivity index (χ0) is 12.5. The van der Waals surface area contributed by atoms with E-state index in [1.807, 2.05) is 24.3 Å². The molecule has 1 nitrogen and oxygen atoms in total. The normalized spacial score (nSPS) is 11.0. The number of aromatic amines is 1. The molecule has 1 N–H and O–H groups in total. The predicted octanol–water partition coefficient (Wildman–Crippen LogP) is 5.05. The number of aryl methyl sites for hydroxylation is 1. The first-order valence-electron chi connectivity index (χ1n) is 6.15. The molecule has 0 fully saturated rings. The number of aromatic nitrogens is 1. The molecule has 3 aromatic rings. The maximum atomic E-state index is 6.12. The number of hydrogen-bond acceptors (Lipinski definition) is 0. The van der Waals surface area contributed by atoms with E-state index in [0.717, 1.165) is 17.0 Å². The summed E-state index contributed by atoms with van der Waals surface area (Å²) in [4.78, 5) is 3.48. The average molecular weight is 256 g/mol. The van der Waals surface area contributed by atoms with Crippen molar-refractivity contribution in [3.8, 4) is 11.1 Å². The van der Waals surface area contributed by atoms with Crippen LogP contribution in [-0.2, 0) is 6.42 Å². The van der Waals surface area contributed by atoms with Crippen molar-refractivity contribution in [1.29, 1.82) is 0 Å². The Morgan fingerprint density at radius 1 is 1.06 bits per heavy atom. The van der Waals surface area contributed by atoms with E-state index < -0.39 is 0 Å². The van der Waals surface area contributed by atoms with Gasteiger partial charge in [0.15, 0.2) is 0 Å². The fraction of sp³-hybridized carbons (Fsp3) is 0.125. The van der Waals surface area contributed by atoms with E-state index >= 15 is 0 Å². The fourth-order valence-corrected chi connectivity index (χ4v) is 2.59. The Kier molecular flexibility index (Phi) is 2.85. The van der Waals surface area contributed by atoms with Crippen LogP contribution in [-0.4, -0.2) is 4.98 Å². The highest BCUT2D eigenvalue weighted by atomic mass is 35.5. The number of hydrogen-bond donors (Lipinski definition) is 1. The van der Waals surface area contributed by atoms with Crippen molar-refractivity contribution in [3.05, 3.63) is 59.2 Å². The van der Waals surface area contributed by atoms with E-state index in [4.69, 9.17) is 11.6 Å². The van der Waals surface area contributed by atoms with Crippen LogP contribution in [0.2, 0.25) is 5.02 Å². The minimum absolute atomic E-state index is 0.779. The molecule has 0 amide bonds. The Bertz CT molecular complexity index is 683. The molecule has 18 heavy (non-hydrogen) atoms. The first kappa shape index (κ1) is 11.4. The standard InChI is InChI=1S/C16H14ClN/c1-2-14-16(11-6-4-3-5-7-11)13-10-12(17)8-9-15(13)18-14/h3-10,18H,2H2,1H3. The maximum Gasteiger partial charge on any atom is 0.0463 e. The summed E-state index contributed by atoms with van der Waals surface area (Å²) in [6, 6.07) is 16.5. The summed E-state index contributed by atoms with van der Waals surface area (Å²) in [5.74, 6) is 0. The Morgan fingerprint density at radius 2 is 1.83 bits per heavy atom. The Labute approximate surface area is 111 Å². The van der Waals surface area contributed by atoms with Gasteiger partial charge in [0.2, 0.25) is 0 Å². The summed E-state index contributed by atoms with van der Waals surface area (Å²) >= 11 is 6.12. The van der Waals surface area contributed by atoms with Gasteiger partial charge in [-0.15, -0.1) is 0 Å². The molecule has 0 spiro atoms. The zero-order valence-corrected chi connectivity index (χ0v) is 11.0. The number of rotatable bonds is 2. The van der Waals surface area contributed by atoms with Gasteiger partial charge in [0.25, 0.3) is 0 Å². The SMILES string of the molecule is CCc1[nH]c2ccc(Cl)cc2c1-c1ccccc1. The summed E-state index contributed by atoms with van der Waals surface area (Å²) in [5, 5.41) is 1.98. The Hall–Kier alpha value is -1.73. The molecule has 0 saturated heterocycles. The third-order valence-electron chi connectivity index (χ3n) is 3.25. The fourth-order valence-electron chi connectivity index (χ4n) is 2.42. The van der Waals surface area contributed by atoms with Gasteiger partial charge in [-0.05, 0) is 30.2 Å². The first-order valence-corrected chi connectivity index (χ1v) is 6.53. The smallest absolute Gasteiger partial charge is 0.0463 e. The van der Waals surface area contributed by atoms with Crippen LogP contribution < -0.4 is 0 Å². The lowest BCUT2D eigenvalue weighted by Crippen LogP contribution is -1.84. The average Bonchev–Trinajstić information content (AvgIpc) is 2.77. The first-order chi connectivity index (χ1) is 8.79. The number of fused-ring (bicyclic) bond motifs is 1. The molecule has 0 aliphatic rings. The number of H-pyrrole nitrogens is 1. The summed E-state index contributed by atoms with van der Waals surface area (Å²) < 4.78 is 0. The largest absolute Gasteiger partial charge is 0.358 e. The van der Waals surface area contributed by atoms with Crippen molar-refractivity contribution in [2.45, 2.75) is 13.3 Å². The molecule has 3 rings (SSSR count). The molecule has 1 aromatic heterocycles. The van der Waals surface area contributed by atoms with Crippen LogP contribution in [0.5, 0.6) is 0 Å². The second-order valence-corrected chi connectivity index (χ2v) is 4.82. The van der Waals surface area contributed by atoms with Gasteiger partial charge in [-0.25, -0.2) is 0 Å². The molecule has 2 aromatic carbocycles. The van der Waals surface area contributed by atoms with Crippen LogP contribution in [0.4, 0.5) is 0 Å². The van der Waals surface area contributed by atoms with Crippen molar-refractivity contribution >= 4 is 22.5 Å². The minimum Gasteiger partial charge on any atom is -0.358 e. The highest BCUT2D eigenvalue weighted by Gasteiger charge is 2.11. The maximum absolute atomic E-state index is 6.12. The second kappa shape index (κ2) is 4.51. The Balaban J connectivity index is 2.35. The van der Waals surface area contributed by atoms with Crippen LogP contribution in [0.3, 0.4) is 0 Å². The highest BCUT2D eigenvalue weighted by Crippen LogP contribution is 2.34. The molecule has 0 aliphatic carbocycles. The van der Waals surface area contributed by atoms with Gasteiger partial charge in [-0.1, -0.05) is 48.9 Å². The van der Waals surface area contributed by atoms with Gasteiger partial charge < -0.3 is 4.98 Å². The molecule has 0 unspecified atom stereocenters. The summed E-state index contributed by atoms with van der Waals surface area (Å²) in [7, 11) is 0. The molecular formula is C16H14ClN. The summed E-state index contributed by atoms with van der Waals surface area (Å²) in [6.07, 6.45) is 0.983. The number of benzene rings is 2. The van der Waals surface area contributed by atoms with Crippen LogP contribution in [0.25, 0.3) is 22.0 Å². The lowest BCUT2D eigenvalue weighted by atomic mass is 10.0. The molecular weight excluding hydrogens is 242 g/mol. The van der Waals surface area contributed by atoms with Gasteiger partial charge in [0.1, 0.15) is 0 Å². The van der Waals surface area contributed by atoms with E-state index in [2.05, 4.69) is 36.2 Å². The number of nitrogens with one attached hydrogen (secondary N) is 1. The van der Waals surface area contributed by atoms with Crippen molar-refractivity contribution < 1.29 is 0 Å². The lowest BCUT2D eigenvalue weighted by molar-refractivity contribution is 1.08. The lowest BCUT2D eigenvalue weighted by Gasteiger charge is -2.03. The molecule has 2 heteroatoms. The van der Waals surface area contributed by atoms with Crippen molar-refractivity contribution in [1.82, 2.24) is 4.98 Å². The van der Waals surface area contributed by atoms with Crippen LogP contribution in [0, 0.1) is 0 Å². The van der Waals surface area contributed by atoms with Crippen LogP contribution in [0.1, 0.15) is 12.6 Å². The number of halogens is 1. The minimum atomic E-state index is 0.779. The molecule has 0 atom stereocenters. The third kappa shape index (κ3) is 1.81. The van der Waals surface area contributed by atoms with Gasteiger partial charge in [0.05, 0.1) is 0 Å². The van der Waals surface area contributed by atoms with E-state index in [1.54, 1.807) is 0 Å². The quantitative estimate of drug-likeness (QED) is 0.659. The third-order valence-corrected chi connectivity index (χ3v) is 3.49. The van der Waals surface area contributed by atoms with Gasteiger partial charge in [0, 0.05) is 27.2 Å². The molecule has 0 aliphatic heterocycles. The second-order valence-electron chi connectivity index (χ2n) is 4.39. The van der Waals surface area contributed by atoms with E-state index in [-0.39, 0.29) is 0 Å².